The zero-order valence-corrected chi connectivity index (χ0v) is 23.5. The zero-order valence-electron chi connectivity index (χ0n) is 22.7. The third kappa shape index (κ3) is 6.37. The second-order valence-electron chi connectivity index (χ2n) is 11.4. The van der Waals surface area contributed by atoms with Crippen LogP contribution in [0.15, 0.2) is 46.2 Å². The fraction of sp³-hybridized carbons (Fsp3) is 0.538. The predicted octanol–water partition coefficient (Wildman–Crippen LogP) is 2.56. The van der Waals surface area contributed by atoms with E-state index in [2.05, 4.69) is 4.98 Å². The molecule has 2 amide bonds. The second-order valence-corrected chi connectivity index (χ2v) is 13.0. The second kappa shape index (κ2) is 10.7. The molecule has 1 fully saturated rings. The maximum absolute atomic E-state index is 13.2. The summed E-state index contributed by atoms with van der Waals surface area (Å²) in [5, 5.41) is 9.64. The summed E-state index contributed by atoms with van der Waals surface area (Å²) in [7, 11) is -4.22. The number of aryl methyl sites for hydroxylation is 1. The van der Waals surface area contributed by atoms with Crippen LogP contribution in [-0.2, 0) is 28.6 Å². The van der Waals surface area contributed by atoms with E-state index in [1.54, 1.807) is 53.7 Å². The van der Waals surface area contributed by atoms with E-state index in [4.69, 9.17) is 8.92 Å². The average Bonchev–Trinajstić information content (AvgIpc) is 3.20. The van der Waals surface area contributed by atoms with Crippen molar-refractivity contribution < 1.29 is 32.0 Å². The van der Waals surface area contributed by atoms with Crippen molar-refractivity contribution in [2.45, 2.75) is 78.2 Å². The first-order chi connectivity index (χ1) is 17.5. The van der Waals surface area contributed by atoms with Crippen molar-refractivity contribution in [3.8, 4) is 0 Å². The normalized spacial score (nSPS) is 20.4. The van der Waals surface area contributed by atoms with Gasteiger partial charge < -0.3 is 9.84 Å². The van der Waals surface area contributed by atoms with Gasteiger partial charge in [-0.05, 0) is 25.1 Å². The molecule has 1 aliphatic heterocycles. The number of anilines is 1. The maximum Gasteiger partial charge on any atom is 0.351 e. The number of nitrogens with zero attached hydrogens (tertiary/aromatic N) is 3. The lowest BCUT2D eigenvalue weighted by molar-refractivity contribution is -0.134. The van der Waals surface area contributed by atoms with E-state index in [0.29, 0.717) is 0 Å². The molecule has 11 nitrogen and oxygen atoms in total. The van der Waals surface area contributed by atoms with Crippen LogP contribution in [0.1, 0.15) is 59.8 Å². The van der Waals surface area contributed by atoms with E-state index in [1.807, 2.05) is 6.92 Å². The van der Waals surface area contributed by atoms with Gasteiger partial charge in [0.15, 0.2) is 6.23 Å². The fourth-order valence-electron chi connectivity index (χ4n) is 3.78. The predicted molar refractivity (Wildman–Crippen MR) is 139 cm³/mol. The van der Waals surface area contributed by atoms with Gasteiger partial charge in [-0.1, -0.05) is 59.2 Å². The molecule has 2 aromatic rings. The summed E-state index contributed by atoms with van der Waals surface area (Å²) < 4.78 is 38.0. The molecule has 0 bridgehead atoms. The van der Waals surface area contributed by atoms with Crippen LogP contribution in [-0.4, -0.2) is 53.7 Å². The number of aromatic nitrogens is 2. The topological polar surface area (TPSA) is 145 Å². The summed E-state index contributed by atoms with van der Waals surface area (Å²) in [6.07, 6.45) is -1.90. The zero-order chi connectivity index (χ0) is 28.6. The molecular formula is C26H35N3O8S. The lowest BCUT2D eigenvalue weighted by atomic mass is 9.90. The summed E-state index contributed by atoms with van der Waals surface area (Å²) >= 11 is 0. The highest BCUT2D eigenvalue weighted by Gasteiger charge is 2.42. The quantitative estimate of drug-likeness (QED) is 0.537. The maximum atomic E-state index is 13.2. The van der Waals surface area contributed by atoms with Crippen LogP contribution >= 0.6 is 0 Å². The Morgan fingerprint density at radius 3 is 2.11 bits per heavy atom. The van der Waals surface area contributed by atoms with Crippen molar-refractivity contribution >= 4 is 27.8 Å². The lowest BCUT2D eigenvalue weighted by Crippen LogP contribution is -2.49. The fourth-order valence-corrected chi connectivity index (χ4v) is 4.86. The highest BCUT2D eigenvalue weighted by atomic mass is 32.2. The number of carbonyl (C=O) groups is 2. The van der Waals surface area contributed by atoms with Crippen LogP contribution in [0.25, 0.3) is 0 Å². The Kier molecular flexibility index (Phi) is 8.32. The first-order valence-electron chi connectivity index (χ1n) is 12.2. The number of benzene rings is 1. The van der Waals surface area contributed by atoms with Crippen LogP contribution in [0.5, 0.6) is 0 Å². The molecule has 3 rings (SSSR count). The summed E-state index contributed by atoms with van der Waals surface area (Å²) in [6, 6.07) is 7.40. The molecular weight excluding hydrogens is 514 g/mol. The van der Waals surface area contributed by atoms with Crippen LogP contribution < -0.4 is 10.6 Å². The van der Waals surface area contributed by atoms with E-state index >= 15 is 0 Å². The molecule has 208 valence electrons. The Bertz CT molecular complexity index is 1330. The highest BCUT2D eigenvalue weighted by Crippen LogP contribution is 2.33. The van der Waals surface area contributed by atoms with Crippen LogP contribution in [0, 0.1) is 17.8 Å². The van der Waals surface area contributed by atoms with Crippen molar-refractivity contribution in [1.29, 1.82) is 0 Å². The Labute approximate surface area is 222 Å². The van der Waals surface area contributed by atoms with Crippen LogP contribution in [0.2, 0.25) is 0 Å². The number of rotatable bonds is 6. The molecule has 1 aromatic heterocycles. The van der Waals surface area contributed by atoms with Gasteiger partial charge in [0, 0.05) is 23.4 Å². The molecule has 0 unspecified atom stereocenters. The minimum Gasteiger partial charge on any atom is -0.394 e. The molecule has 38 heavy (non-hydrogen) atoms. The number of ether oxygens (including phenoxy) is 1. The Morgan fingerprint density at radius 2 is 1.63 bits per heavy atom. The van der Waals surface area contributed by atoms with E-state index in [9.17, 15) is 27.9 Å². The molecule has 1 saturated heterocycles. The van der Waals surface area contributed by atoms with Crippen molar-refractivity contribution in [3.63, 3.8) is 0 Å². The van der Waals surface area contributed by atoms with E-state index in [0.717, 1.165) is 15.0 Å². The van der Waals surface area contributed by atoms with Gasteiger partial charge in [-0.2, -0.15) is 13.4 Å². The smallest absolute Gasteiger partial charge is 0.351 e. The number of imide groups is 1. The van der Waals surface area contributed by atoms with Gasteiger partial charge in [-0.3, -0.25) is 18.3 Å². The van der Waals surface area contributed by atoms with Gasteiger partial charge in [-0.15, -0.1) is 0 Å². The van der Waals surface area contributed by atoms with Crippen molar-refractivity contribution in [3.05, 3.63) is 52.6 Å². The SMILES string of the molecule is Cc1ccc(S(=O)(=O)O[C@H]2C[C@@H](CO)O[C@H]2n2ccc(N(C(=O)C(C)(C)C)C(=O)C(C)(C)C)nc2=O)cc1. The van der Waals surface area contributed by atoms with Crippen molar-refractivity contribution in [1.82, 2.24) is 9.55 Å². The third-order valence-corrected chi connectivity index (χ3v) is 7.27. The highest BCUT2D eigenvalue weighted by molar-refractivity contribution is 7.86. The standard InChI is InChI=1S/C26H35N3O8S/c1-16-8-10-18(11-9-16)38(34,35)37-19-14-17(15-30)36-21(19)28-13-12-20(27-24(28)33)29(22(31)25(2,3)4)23(32)26(5,6)7/h8-13,17,19,21,30H,14-15H2,1-7H3/t17-,19-,21+/m0/s1. The van der Waals surface area contributed by atoms with Gasteiger partial charge in [0.05, 0.1) is 17.6 Å². The summed E-state index contributed by atoms with van der Waals surface area (Å²) in [6.45, 7) is 11.3. The molecule has 0 radical (unpaired) electrons. The molecule has 1 aromatic carbocycles. The number of aliphatic hydroxyl groups excluding tert-OH is 1. The van der Waals surface area contributed by atoms with Crippen LogP contribution in [0.4, 0.5) is 5.82 Å². The van der Waals surface area contributed by atoms with Gasteiger partial charge >= 0.3 is 5.69 Å². The van der Waals surface area contributed by atoms with Gasteiger partial charge in [0.2, 0.25) is 11.8 Å². The first-order valence-corrected chi connectivity index (χ1v) is 13.6. The molecule has 0 saturated carbocycles. The minimum absolute atomic E-state index is 0.00239. The third-order valence-electron chi connectivity index (χ3n) is 5.92. The minimum atomic E-state index is -4.22. The van der Waals surface area contributed by atoms with E-state index < -0.39 is 63.5 Å². The monoisotopic (exact) mass is 549 g/mol. The largest absolute Gasteiger partial charge is 0.394 e. The van der Waals surface area contributed by atoms with Gasteiger partial charge in [0.1, 0.15) is 11.9 Å². The Morgan fingerprint density at radius 1 is 1.08 bits per heavy atom. The number of aliphatic hydroxyl groups is 1. The lowest BCUT2D eigenvalue weighted by Gasteiger charge is -2.31. The number of carbonyl (C=O) groups excluding carboxylic acids is 2. The Balaban J connectivity index is 1.99. The first kappa shape index (κ1) is 29.6. The average molecular weight is 550 g/mol. The van der Waals surface area contributed by atoms with Crippen LogP contribution in [0.3, 0.4) is 0 Å². The summed E-state index contributed by atoms with van der Waals surface area (Å²) in [5.74, 6) is -1.23. The number of hydrogen-bond acceptors (Lipinski definition) is 9. The van der Waals surface area contributed by atoms with Gasteiger partial charge in [0.25, 0.3) is 10.1 Å². The number of hydrogen-bond donors (Lipinski definition) is 1. The molecule has 1 N–H and O–H groups in total. The summed E-state index contributed by atoms with van der Waals surface area (Å²) in [5.41, 5.74) is -1.90. The molecule has 0 spiro atoms. The van der Waals surface area contributed by atoms with Crippen molar-refractivity contribution in [2.24, 2.45) is 10.8 Å². The molecule has 2 heterocycles. The van der Waals surface area contributed by atoms with Gasteiger partial charge in [-0.25, -0.2) is 9.69 Å². The molecule has 3 atom stereocenters. The molecule has 1 aliphatic rings. The molecule has 12 heteroatoms. The van der Waals surface area contributed by atoms with E-state index in [-0.39, 0.29) is 17.1 Å². The Hall–Kier alpha value is -2.93. The van der Waals surface area contributed by atoms with E-state index in [1.165, 1.54) is 24.4 Å². The summed E-state index contributed by atoms with van der Waals surface area (Å²) in [4.78, 5) is 44.3. The molecule has 0 aliphatic carbocycles. The van der Waals surface area contributed by atoms with Crippen molar-refractivity contribution in [2.75, 3.05) is 11.5 Å². The number of amides is 2.